The van der Waals surface area contributed by atoms with Crippen LogP contribution < -0.4 is 0 Å². The lowest BCUT2D eigenvalue weighted by atomic mass is 10.0. The van der Waals surface area contributed by atoms with Crippen LogP contribution in [0, 0.1) is 0 Å². The first kappa shape index (κ1) is 24.6. The highest BCUT2D eigenvalue weighted by Gasteiger charge is 2.05. The van der Waals surface area contributed by atoms with Crippen molar-refractivity contribution in [1.29, 1.82) is 0 Å². The van der Waals surface area contributed by atoms with Gasteiger partial charge in [0.25, 0.3) is 0 Å². The Hall–Kier alpha value is 1.57. The van der Waals surface area contributed by atoms with Crippen molar-refractivity contribution in [3.05, 3.63) is 0 Å². The third-order valence-corrected chi connectivity index (χ3v) is 6.27. The Bertz CT molecular complexity index is 284. The van der Waals surface area contributed by atoms with E-state index in [9.17, 15) is 0 Å². The van der Waals surface area contributed by atoms with Crippen LogP contribution >= 0.6 is 34.6 Å². The van der Waals surface area contributed by atoms with Gasteiger partial charge >= 0.3 is 0 Å². The van der Waals surface area contributed by atoms with E-state index < -0.39 is 3.67 Å². The van der Waals surface area contributed by atoms with Crippen LogP contribution in [0.2, 0.25) is 0 Å². The van der Waals surface area contributed by atoms with E-state index in [1.807, 2.05) is 0 Å². The summed E-state index contributed by atoms with van der Waals surface area (Å²) >= 11 is 11.8. The molecule has 0 fully saturated rings. The first-order valence-electron chi connectivity index (χ1n) is 9.70. The number of unbranched alkanes of at least 4 members (excludes halogenated alkanes) is 15. The van der Waals surface area contributed by atoms with Gasteiger partial charge in [-0.1, -0.05) is 103 Å². The second-order valence-corrected chi connectivity index (χ2v) is 20.8. The van der Waals surface area contributed by atoms with Crippen molar-refractivity contribution in [2.24, 2.45) is 0 Å². The summed E-state index contributed by atoms with van der Waals surface area (Å²) in [6, 6.07) is 0. The van der Waals surface area contributed by atoms with Crippen LogP contribution in [0.4, 0.5) is 0 Å². The highest BCUT2D eigenvalue weighted by Crippen LogP contribution is 2.62. The smallest absolute Gasteiger partial charge is 0.192 e. The van der Waals surface area contributed by atoms with Gasteiger partial charge in [-0.05, 0) is 49.2 Å². The fraction of sp³-hybridized carbons (Fsp3) is 1.00. The van der Waals surface area contributed by atoms with Gasteiger partial charge in [-0.3, -0.25) is 0 Å². The molecule has 0 amide bonds. The normalized spacial score (nSPS) is 12.0. The Balaban J connectivity index is 3.01. The quantitative estimate of drug-likeness (QED) is 0.139. The SMILES string of the molecule is CCCCCCCCCCCCCCCCCCOP(=S)(Br)Br. The maximum absolute atomic E-state index is 5.51. The molecule has 0 bridgehead atoms. The summed E-state index contributed by atoms with van der Waals surface area (Å²) in [6.45, 7) is 3.07. The van der Waals surface area contributed by atoms with Crippen LogP contribution in [0.25, 0.3) is 0 Å². The van der Waals surface area contributed by atoms with Gasteiger partial charge in [0.15, 0.2) is 3.67 Å². The average molecular weight is 492 g/mol. The van der Waals surface area contributed by atoms with Gasteiger partial charge in [-0.2, -0.15) is 0 Å². The molecule has 0 aliphatic carbocycles. The van der Waals surface area contributed by atoms with Crippen LogP contribution in [0.15, 0.2) is 0 Å². The standard InChI is InChI=1S/C18H37Br2OPS/c1-2-3-4-5-6-7-8-9-10-11-12-13-14-15-16-17-18-21-22(19,20)23/h2-18H2,1H3. The summed E-state index contributed by atoms with van der Waals surface area (Å²) in [5, 5.41) is 0. The van der Waals surface area contributed by atoms with Gasteiger partial charge in [0.2, 0.25) is 0 Å². The minimum Gasteiger partial charge on any atom is -0.333 e. The molecule has 0 rings (SSSR count). The van der Waals surface area contributed by atoms with Gasteiger partial charge in [0.1, 0.15) is 0 Å². The van der Waals surface area contributed by atoms with E-state index in [1.165, 1.54) is 96.3 Å². The molecule has 0 heterocycles. The maximum Gasteiger partial charge on any atom is 0.192 e. The lowest BCUT2D eigenvalue weighted by Crippen LogP contribution is -1.88. The fourth-order valence-corrected chi connectivity index (χ4v) is 4.25. The summed E-state index contributed by atoms with van der Waals surface area (Å²) < 4.78 is 3.71. The van der Waals surface area contributed by atoms with Gasteiger partial charge in [0, 0.05) is 0 Å². The van der Waals surface area contributed by atoms with Crippen molar-refractivity contribution >= 4 is 46.5 Å². The van der Waals surface area contributed by atoms with Crippen LogP contribution in [0.1, 0.15) is 110 Å². The molecule has 5 heteroatoms. The topological polar surface area (TPSA) is 9.23 Å². The molecule has 0 aromatic rings. The van der Waals surface area contributed by atoms with Crippen molar-refractivity contribution in [2.45, 2.75) is 110 Å². The maximum atomic E-state index is 5.51. The minimum atomic E-state index is -1.80. The molecule has 140 valence electrons. The van der Waals surface area contributed by atoms with Gasteiger partial charge in [-0.15, -0.1) is 0 Å². The van der Waals surface area contributed by atoms with E-state index in [4.69, 9.17) is 16.3 Å². The average Bonchev–Trinajstić information content (AvgIpc) is 2.49. The summed E-state index contributed by atoms with van der Waals surface area (Å²) in [7, 11) is 0. The molecule has 0 atom stereocenters. The number of hydrogen-bond donors (Lipinski definition) is 0. The molecule has 0 N–H and O–H groups in total. The fourth-order valence-electron chi connectivity index (χ4n) is 2.82. The van der Waals surface area contributed by atoms with Gasteiger partial charge in [0.05, 0.1) is 6.61 Å². The molecule has 0 saturated heterocycles. The van der Waals surface area contributed by atoms with Crippen molar-refractivity contribution in [3.8, 4) is 0 Å². The molecule has 0 aromatic heterocycles. The molecular weight excluding hydrogens is 455 g/mol. The molecule has 0 aliphatic rings. The second-order valence-electron chi connectivity index (χ2n) is 6.55. The van der Waals surface area contributed by atoms with Crippen molar-refractivity contribution in [3.63, 3.8) is 0 Å². The van der Waals surface area contributed by atoms with Crippen molar-refractivity contribution < 1.29 is 4.52 Å². The Morgan fingerprint density at radius 3 is 1.22 bits per heavy atom. The monoisotopic (exact) mass is 490 g/mol. The lowest BCUT2D eigenvalue weighted by Gasteiger charge is -2.07. The van der Waals surface area contributed by atoms with Crippen molar-refractivity contribution in [1.82, 2.24) is 0 Å². The number of halogens is 2. The highest BCUT2D eigenvalue weighted by molar-refractivity contribution is 9.73. The minimum absolute atomic E-state index is 0.784. The Kier molecular flexibility index (Phi) is 19.6. The van der Waals surface area contributed by atoms with Crippen LogP contribution in [-0.4, -0.2) is 6.61 Å². The second kappa shape index (κ2) is 18.4. The first-order valence-corrected chi connectivity index (χ1v) is 16.5. The van der Waals surface area contributed by atoms with Crippen molar-refractivity contribution in [2.75, 3.05) is 6.61 Å². The third-order valence-electron chi connectivity index (χ3n) is 4.24. The zero-order chi connectivity index (χ0) is 17.2. The van der Waals surface area contributed by atoms with E-state index in [-0.39, 0.29) is 0 Å². The zero-order valence-corrected chi connectivity index (χ0v) is 19.9. The van der Waals surface area contributed by atoms with Gasteiger partial charge in [-0.25, -0.2) is 0 Å². The Morgan fingerprint density at radius 1 is 0.609 bits per heavy atom. The highest BCUT2D eigenvalue weighted by atomic mass is 79.9. The Labute approximate surface area is 166 Å². The van der Waals surface area contributed by atoms with E-state index in [1.54, 1.807) is 0 Å². The predicted molar refractivity (Wildman–Crippen MR) is 118 cm³/mol. The Morgan fingerprint density at radius 2 is 0.913 bits per heavy atom. The predicted octanol–water partition coefficient (Wildman–Crippen LogP) is 9.28. The molecule has 0 saturated carbocycles. The molecular formula is C18H37Br2OPS. The summed E-state index contributed by atoms with van der Waals surface area (Å²) in [5.41, 5.74) is 0. The number of hydrogen-bond acceptors (Lipinski definition) is 2. The largest absolute Gasteiger partial charge is 0.333 e. The number of rotatable bonds is 18. The van der Waals surface area contributed by atoms with E-state index >= 15 is 0 Å². The lowest BCUT2D eigenvalue weighted by molar-refractivity contribution is 0.348. The summed E-state index contributed by atoms with van der Waals surface area (Å²) in [6.07, 6.45) is 22.4. The molecule has 0 radical (unpaired) electrons. The van der Waals surface area contributed by atoms with E-state index in [2.05, 4.69) is 37.9 Å². The summed E-state index contributed by atoms with van der Waals surface area (Å²) in [5.74, 6) is 0. The van der Waals surface area contributed by atoms with Gasteiger partial charge < -0.3 is 4.52 Å². The van der Waals surface area contributed by atoms with E-state index in [0.29, 0.717) is 0 Å². The molecule has 0 aromatic carbocycles. The third kappa shape index (κ3) is 23.6. The molecule has 1 nitrogen and oxygen atoms in total. The molecule has 0 spiro atoms. The summed E-state index contributed by atoms with van der Waals surface area (Å²) in [4.78, 5) is 0. The molecule has 0 unspecified atom stereocenters. The first-order chi connectivity index (χ1) is 11.1. The zero-order valence-electron chi connectivity index (χ0n) is 15.0. The van der Waals surface area contributed by atoms with Crippen LogP contribution in [-0.2, 0) is 16.3 Å². The molecule has 0 aliphatic heterocycles. The van der Waals surface area contributed by atoms with Crippen LogP contribution in [0.3, 0.4) is 0 Å². The van der Waals surface area contributed by atoms with E-state index in [0.717, 1.165) is 13.0 Å². The molecule has 23 heavy (non-hydrogen) atoms. The van der Waals surface area contributed by atoms with Crippen LogP contribution in [0.5, 0.6) is 0 Å².